The zero-order valence-electron chi connectivity index (χ0n) is 32.0. The number of rotatable bonds is 12. The van der Waals surface area contributed by atoms with Crippen molar-refractivity contribution in [3.63, 3.8) is 0 Å². The zero-order chi connectivity index (χ0) is 41.4. The van der Waals surface area contributed by atoms with Gasteiger partial charge in [0.2, 0.25) is 28.2 Å². The molecule has 0 spiro atoms. The van der Waals surface area contributed by atoms with E-state index in [1.54, 1.807) is 9.58 Å². The molecule has 3 N–H and O–H groups in total. The number of benzene rings is 2. The molecular formula is C38H46F5N9O5S. The van der Waals surface area contributed by atoms with Gasteiger partial charge in [0.25, 0.3) is 0 Å². The molecule has 0 radical (unpaired) electrons. The molecule has 2 atom stereocenters. The van der Waals surface area contributed by atoms with Crippen LogP contribution in [0.1, 0.15) is 61.6 Å². The van der Waals surface area contributed by atoms with Gasteiger partial charge in [-0.05, 0) is 98.5 Å². The average molecular weight is 836 g/mol. The number of carbonyl (C=O) groups is 1. The van der Waals surface area contributed by atoms with Crippen molar-refractivity contribution < 1.29 is 45.0 Å². The summed E-state index contributed by atoms with van der Waals surface area (Å²) in [6, 6.07) is 9.01. The van der Waals surface area contributed by atoms with Crippen molar-refractivity contribution in [2.45, 2.75) is 81.4 Å². The number of hydrogen-bond donors (Lipinski definition) is 3. The molecule has 2 aromatic carbocycles. The number of anilines is 2. The number of ether oxygens (including phenoxy) is 1. The Hall–Kier alpha value is -4.66. The molecule has 3 aliphatic heterocycles. The lowest BCUT2D eigenvalue weighted by Crippen LogP contribution is -2.54. The summed E-state index contributed by atoms with van der Waals surface area (Å²) in [7, 11) is -2.27. The molecule has 3 fully saturated rings. The third-order valence-electron chi connectivity index (χ3n) is 11.2. The summed E-state index contributed by atoms with van der Waals surface area (Å²) < 4.78 is 102. The molecule has 2 aromatic heterocycles. The van der Waals surface area contributed by atoms with Crippen LogP contribution in [0.5, 0.6) is 5.75 Å². The lowest BCUT2D eigenvalue weighted by molar-refractivity contribution is -0.138. The Morgan fingerprint density at radius 1 is 1.00 bits per heavy atom. The third-order valence-corrected chi connectivity index (χ3v) is 13.0. The van der Waals surface area contributed by atoms with Gasteiger partial charge in [0.15, 0.2) is 11.6 Å². The molecule has 58 heavy (non-hydrogen) atoms. The summed E-state index contributed by atoms with van der Waals surface area (Å²) >= 11 is 0. The number of amides is 1. The molecule has 1 amide bonds. The van der Waals surface area contributed by atoms with Gasteiger partial charge in [0.1, 0.15) is 0 Å². The van der Waals surface area contributed by atoms with Crippen molar-refractivity contribution in [1.82, 2.24) is 34.3 Å². The van der Waals surface area contributed by atoms with Gasteiger partial charge in [0, 0.05) is 51.1 Å². The molecule has 20 heteroatoms. The second-order valence-electron chi connectivity index (χ2n) is 15.3. The minimum atomic E-state index is -4.66. The summed E-state index contributed by atoms with van der Waals surface area (Å²) in [6.45, 7) is 1.48. The highest BCUT2D eigenvalue weighted by molar-refractivity contribution is 7.89. The normalized spacial score (nSPS) is 20.1. The maximum Gasteiger partial charge on any atom is 0.416 e. The number of aromatic nitrogens is 4. The molecule has 7 rings (SSSR count). The van der Waals surface area contributed by atoms with E-state index in [0.29, 0.717) is 31.7 Å². The second kappa shape index (κ2) is 16.9. The molecule has 0 aliphatic carbocycles. The van der Waals surface area contributed by atoms with Crippen LogP contribution in [0.3, 0.4) is 0 Å². The SMILES string of the molecule is CC(Cc1cc(S(=O)(=O)N2CCC(Nc3ncc(OC(F)F)cn3)CC2)ccc1C(F)(F)F)CN1CCC(c2ccc3c(N4CCC(=O)NC4O)nn(C)c3c2)CC1. The topological polar surface area (TPSA) is 158 Å². The standard InChI is InChI=1S/C38H46F5N9O5S/c1-23(22-50-12-7-24(8-13-50)25-3-5-30-32(19-25)49(2)48-34(30)52-16-11-33(53)47-37(52)54)17-26-18-29(4-6-31(26)38(41,42)43)58(55,56)51-14-9-27(10-15-51)46-36-44-20-28(21-45-36)57-35(39)40/h3-6,18-21,23-24,27,35,37,54H,7-17,22H2,1-2H3,(H,47,53)(H,44,45,46). The first-order valence-electron chi connectivity index (χ1n) is 19.2. The molecule has 0 saturated carbocycles. The van der Waals surface area contributed by atoms with Gasteiger partial charge in [-0.2, -0.15) is 31.4 Å². The molecule has 14 nitrogen and oxygen atoms in total. The van der Waals surface area contributed by atoms with Crippen LogP contribution in [-0.2, 0) is 34.5 Å². The van der Waals surface area contributed by atoms with Crippen LogP contribution in [0.15, 0.2) is 53.7 Å². The number of hydrogen-bond acceptors (Lipinski definition) is 11. The second-order valence-corrected chi connectivity index (χ2v) is 17.2. The fraction of sp³-hybridized carbons (Fsp3) is 0.526. The molecular weight excluding hydrogens is 790 g/mol. The number of carbonyl (C=O) groups excluding carboxylic acids is 1. The fourth-order valence-electron chi connectivity index (χ4n) is 8.21. The van der Waals surface area contributed by atoms with Crippen LogP contribution in [0.25, 0.3) is 10.9 Å². The fourth-order valence-corrected chi connectivity index (χ4v) is 9.73. The largest absolute Gasteiger partial charge is 0.432 e. The van der Waals surface area contributed by atoms with Gasteiger partial charge < -0.3 is 30.3 Å². The predicted molar refractivity (Wildman–Crippen MR) is 204 cm³/mol. The van der Waals surface area contributed by atoms with Crippen LogP contribution in [0, 0.1) is 5.92 Å². The maximum atomic E-state index is 14.2. The van der Waals surface area contributed by atoms with E-state index in [9.17, 15) is 40.3 Å². The number of halogens is 5. The van der Waals surface area contributed by atoms with Gasteiger partial charge >= 0.3 is 12.8 Å². The van der Waals surface area contributed by atoms with Crippen molar-refractivity contribution in [3.05, 3.63) is 65.5 Å². The number of aliphatic hydroxyl groups is 1. The van der Waals surface area contributed by atoms with E-state index < -0.39 is 34.7 Å². The van der Waals surface area contributed by atoms with E-state index in [4.69, 9.17) is 0 Å². The van der Waals surface area contributed by atoms with E-state index in [0.717, 1.165) is 66.9 Å². The number of alkyl halides is 5. The first kappa shape index (κ1) is 41.5. The van der Waals surface area contributed by atoms with Crippen LogP contribution >= 0.6 is 0 Å². The molecule has 314 valence electrons. The highest BCUT2D eigenvalue weighted by atomic mass is 32.2. The Kier molecular flexibility index (Phi) is 12.1. The summed E-state index contributed by atoms with van der Waals surface area (Å²) in [5, 5.41) is 21.5. The Morgan fingerprint density at radius 2 is 1.71 bits per heavy atom. The lowest BCUT2D eigenvalue weighted by Gasteiger charge is -2.34. The van der Waals surface area contributed by atoms with E-state index in [2.05, 4.69) is 47.5 Å². The minimum Gasteiger partial charge on any atom is -0.432 e. The van der Waals surface area contributed by atoms with E-state index in [-0.39, 0.29) is 71.9 Å². The summed E-state index contributed by atoms with van der Waals surface area (Å²) in [5.41, 5.74) is 1.14. The molecule has 3 aliphatic rings. The van der Waals surface area contributed by atoms with Crippen LogP contribution in [-0.4, -0.2) is 107 Å². The van der Waals surface area contributed by atoms with Gasteiger partial charge in [-0.15, -0.1) is 0 Å². The molecule has 0 bridgehead atoms. The van der Waals surface area contributed by atoms with Crippen LogP contribution < -0.4 is 20.3 Å². The van der Waals surface area contributed by atoms with Gasteiger partial charge in [-0.3, -0.25) is 9.48 Å². The molecule has 4 aromatic rings. The van der Waals surface area contributed by atoms with Gasteiger partial charge in [0.05, 0.1) is 28.4 Å². The van der Waals surface area contributed by atoms with Crippen molar-refractivity contribution in [2.24, 2.45) is 13.0 Å². The Balaban J connectivity index is 0.950. The zero-order valence-corrected chi connectivity index (χ0v) is 32.8. The number of likely N-dealkylation sites (tertiary alicyclic amines) is 1. The number of nitrogens with one attached hydrogen (secondary N) is 2. The number of piperidine rings is 2. The van der Waals surface area contributed by atoms with Gasteiger partial charge in [-0.25, -0.2) is 18.4 Å². The first-order chi connectivity index (χ1) is 27.5. The predicted octanol–water partition coefficient (Wildman–Crippen LogP) is 4.91. The monoisotopic (exact) mass is 835 g/mol. The van der Waals surface area contributed by atoms with E-state index in [1.807, 2.05) is 20.0 Å². The van der Waals surface area contributed by atoms with Crippen molar-refractivity contribution in [3.8, 4) is 5.75 Å². The number of aliphatic hydroxyl groups excluding tert-OH is 1. The minimum absolute atomic E-state index is 0.0418. The third kappa shape index (κ3) is 9.29. The quantitative estimate of drug-likeness (QED) is 0.167. The first-order valence-corrected chi connectivity index (χ1v) is 20.7. The van der Waals surface area contributed by atoms with E-state index in [1.165, 1.54) is 10.4 Å². The van der Waals surface area contributed by atoms with Gasteiger partial charge in [-0.1, -0.05) is 13.0 Å². The highest BCUT2D eigenvalue weighted by Gasteiger charge is 2.36. The molecule has 2 unspecified atom stereocenters. The number of fused-ring (bicyclic) bond motifs is 1. The number of nitrogens with zero attached hydrogens (tertiary/aromatic N) is 7. The maximum absolute atomic E-state index is 14.2. The number of sulfonamides is 1. The van der Waals surface area contributed by atoms with E-state index >= 15 is 0 Å². The molecule has 5 heterocycles. The van der Waals surface area contributed by atoms with Crippen LogP contribution in [0.2, 0.25) is 0 Å². The number of aryl methyl sites for hydroxylation is 1. The molecule has 3 saturated heterocycles. The van der Waals surface area contributed by atoms with Crippen molar-refractivity contribution in [1.29, 1.82) is 0 Å². The lowest BCUT2D eigenvalue weighted by atomic mass is 9.88. The Bertz CT molecular complexity index is 2190. The van der Waals surface area contributed by atoms with Crippen molar-refractivity contribution in [2.75, 3.05) is 49.5 Å². The summed E-state index contributed by atoms with van der Waals surface area (Å²) in [6.07, 6.45) is -0.890. The Morgan fingerprint density at radius 3 is 2.36 bits per heavy atom. The van der Waals surface area contributed by atoms with Crippen molar-refractivity contribution >= 4 is 38.6 Å². The smallest absolute Gasteiger partial charge is 0.416 e. The summed E-state index contributed by atoms with van der Waals surface area (Å²) in [5.74, 6) is 0.412. The average Bonchev–Trinajstić information content (AvgIpc) is 3.50. The highest BCUT2D eigenvalue weighted by Crippen LogP contribution is 2.37. The van der Waals surface area contributed by atoms with Crippen LogP contribution in [0.4, 0.5) is 33.7 Å². The summed E-state index contributed by atoms with van der Waals surface area (Å²) in [4.78, 5) is 23.3. The Labute approximate surface area is 332 Å².